The van der Waals surface area contributed by atoms with Crippen LogP contribution in [0.25, 0.3) is 33.2 Å². The molecule has 6 aromatic rings. The maximum atomic E-state index is 11.5. The second-order valence-corrected chi connectivity index (χ2v) is 10.4. The molecule has 0 aliphatic rings. The first kappa shape index (κ1) is 26.3. The minimum Gasteiger partial charge on any atom is -0.480 e. The molecule has 0 saturated carbocycles. The van der Waals surface area contributed by atoms with Crippen molar-refractivity contribution in [2.24, 2.45) is 0 Å². The molecule has 0 atom stereocenters. The molecule has 0 saturated heterocycles. The van der Waals surface area contributed by atoms with E-state index < -0.39 is 5.97 Å². The number of aliphatic carboxylic acids is 1. The van der Waals surface area contributed by atoms with Gasteiger partial charge in [-0.2, -0.15) is 0 Å². The molecule has 0 spiro atoms. The lowest BCUT2D eigenvalue weighted by Gasteiger charge is -2.20. The van der Waals surface area contributed by atoms with Gasteiger partial charge < -0.3 is 9.52 Å². The number of benzene rings is 5. The number of carbonyl (C=O) groups is 1. The molecular formula is C37H31NO3. The maximum absolute atomic E-state index is 11.5. The molecule has 0 bridgehead atoms. The van der Waals surface area contributed by atoms with Gasteiger partial charge in [0.15, 0.2) is 0 Å². The van der Waals surface area contributed by atoms with Crippen LogP contribution in [0.15, 0.2) is 138 Å². The van der Waals surface area contributed by atoms with Crippen molar-refractivity contribution in [2.75, 3.05) is 6.54 Å². The lowest BCUT2D eigenvalue weighted by atomic mass is 9.96. The first-order valence-corrected chi connectivity index (χ1v) is 13.8. The second-order valence-electron chi connectivity index (χ2n) is 10.4. The van der Waals surface area contributed by atoms with Crippen LogP contribution in [0.4, 0.5) is 0 Å². The largest absolute Gasteiger partial charge is 0.480 e. The maximum Gasteiger partial charge on any atom is 0.317 e. The molecule has 0 radical (unpaired) electrons. The Morgan fingerprint density at radius 2 is 1.10 bits per heavy atom. The van der Waals surface area contributed by atoms with E-state index in [1.54, 1.807) is 0 Å². The Bertz CT molecular complexity index is 1740. The van der Waals surface area contributed by atoms with Crippen molar-refractivity contribution in [2.45, 2.75) is 19.5 Å². The fraction of sp³-hybridized carbons (Fsp3) is 0.108. The average Bonchev–Trinajstić information content (AvgIpc) is 3.36. The number of para-hydroxylation sites is 1. The summed E-state index contributed by atoms with van der Waals surface area (Å²) in [6.45, 7) is 1.15. The van der Waals surface area contributed by atoms with Gasteiger partial charge in [-0.15, -0.1) is 0 Å². The Balaban J connectivity index is 1.22. The Labute approximate surface area is 240 Å². The summed E-state index contributed by atoms with van der Waals surface area (Å²) in [5, 5.41) is 10.5. The van der Waals surface area contributed by atoms with Crippen LogP contribution in [0, 0.1) is 0 Å². The Hall–Kier alpha value is -4.93. The summed E-state index contributed by atoms with van der Waals surface area (Å²) in [6.07, 6.45) is 0.733. The fourth-order valence-corrected chi connectivity index (χ4v) is 5.41. The summed E-state index contributed by atoms with van der Waals surface area (Å²) >= 11 is 0. The Morgan fingerprint density at radius 3 is 1.73 bits per heavy atom. The van der Waals surface area contributed by atoms with E-state index in [1.807, 2.05) is 53.4 Å². The van der Waals surface area contributed by atoms with Gasteiger partial charge in [0, 0.05) is 30.5 Å². The van der Waals surface area contributed by atoms with E-state index in [0.717, 1.165) is 56.5 Å². The molecule has 0 unspecified atom stereocenters. The number of hydrogen-bond donors (Lipinski definition) is 1. The smallest absolute Gasteiger partial charge is 0.317 e. The lowest BCUT2D eigenvalue weighted by molar-refractivity contribution is -0.138. The van der Waals surface area contributed by atoms with Crippen LogP contribution >= 0.6 is 0 Å². The topological polar surface area (TPSA) is 53.7 Å². The molecule has 0 amide bonds. The predicted molar refractivity (Wildman–Crippen MR) is 165 cm³/mol. The zero-order chi connectivity index (χ0) is 28.0. The number of furan rings is 1. The third kappa shape index (κ3) is 6.29. The zero-order valence-electron chi connectivity index (χ0n) is 22.7. The van der Waals surface area contributed by atoms with Crippen LogP contribution in [0.3, 0.4) is 0 Å². The second kappa shape index (κ2) is 12.1. The highest BCUT2D eigenvalue weighted by Gasteiger charge is 2.17. The van der Waals surface area contributed by atoms with Gasteiger partial charge in [-0.25, -0.2) is 0 Å². The summed E-state index contributed by atoms with van der Waals surface area (Å²) in [7, 11) is 0. The first-order chi connectivity index (χ1) is 20.1. The molecule has 1 N–H and O–H groups in total. The van der Waals surface area contributed by atoms with Crippen LogP contribution in [0.2, 0.25) is 0 Å². The van der Waals surface area contributed by atoms with E-state index in [0.29, 0.717) is 13.1 Å². The van der Waals surface area contributed by atoms with Crippen molar-refractivity contribution >= 4 is 16.9 Å². The van der Waals surface area contributed by atoms with E-state index in [-0.39, 0.29) is 6.54 Å². The third-order valence-corrected chi connectivity index (χ3v) is 7.35. The van der Waals surface area contributed by atoms with Crippen molar-refractivity contribution in [3.05, 3.63) is 156 Å². The minimum absolute atomic E-state index is 0.00688. The van der Waals surface area contributed by atoms with Gasteiger partial charge in [-0.1, -0.05) is 127 Å². The van der Waals surface area contributed by atoms with Gasteiger partial charge >= 0.3 is 5.97 Å². The zero-order valence-corrected chi connectivity index (χ0v) is 22.7. The highest BCUT2D eigenvalue weighted by Crippen LogP contribution is 2.37. The summed E-state index contributed by atoms with van der Waals surface area (Å²) in [5.41, 5.74) is 8.82. The van der Waals surface area contributed by atoms with E-state index in [1.165, 1.54) is 5.56 Å². The van der Waals surface area contributed by atoms with Gasteiger partial charge in [0.1, 0.15) is 11.3 Å². The van der Waals surface area contributed by atoms with Crippen molar-refractivity contribution in [1.82, 2.24) is 4.90 Å². The van der Waals surface area contributed by atoms with E-state index in [2.05, 4.69) is 84.9 Å². The molecule has 1 aromatic heterocycles. The van der Waals surface area contributed by atoms with Crippen molar-refractivity contribution in [1.29, 1.82) is 0 Å². The fourth-order valence-electron chi connectivity index (χ4n) is 5.41. The third-order valence-electron chi connectivity index (χ3n) is 7.35. The number of nitrogens with zero attached hydrogens (tertiary/aromatic N) is 1. The van der Waals surface area contributed by atoms with Gasteiger partial charge in [-0.3, -0.25) is 9.69 Å². The van der Waals surface area contributed by atoms with E-state index in [9.17, 15) is 9.90 Å². The first-order valence-electron chi connectivity index (χ1n) is 13.8. The number of carboxylic acids is 1. The van der Waals surface area contributed by atoms with E-state index in [4.69, 9.17) is 4.42 Å². The normalized spacial score (nSPS) is 11.2. The summed E-state index contributed by atoms with van der Waals surface area (Å²) in [5.74, 6) is 0.144. The van der Waals surface area contributed by atoms with Crippen LogP contribution in [0.1, 0.15) is 22.5 Å². The van der Waals surface area contributed by atoms with Crippen LogP contribution in [-0.2, 0) is 24.3 Å². The van der Waals surface area contributed by atoms with Crippen LogP contribution in [-0.4, -0.2) is 22.5 Å². The molecule has 0 aliphatic heterocycles. The summed E-state index contributed by atoms with van der Waals surface area (Å²) < 4.78 is 6.34. The lowest BCUT2D eigenvalue weighted by Crippen LogP contribution is -2.28. The summed E-state index contributed by atoms with van der Waals surface area (Å²) in [4.78, 5) is 13.4. The van der Waals surface area contributed by atoms with Gasteiger partial charge in [0.05, 0.1) is 6.54 Å². The molecular weight excluding hydrogens is 506 g/mol. The number of fused-ring (bicyclic) bond motifs is 1. The van der Waals surface area contributed by atoms with E-state index >= 15 is 0 Å². The quantitative estimate of drug-likeness (QED) is 0.190. The molecule has 4 nitrogen and oxygen atoms in total. The Morgan fingerprint density at radius 1 is 0.585 bits per heavy atom. The summed E-state index contributed by atoms with van der Waals surface area (Å²) in [6, 6.07) is 45.7. The molecule has 6 rings (SSSR count). The highest BCUT2D eigenvalue weighted by atomic mass is 16.4. The van der Waals surface area contributed by atoms with Crippen LogP contribution < -0.4 is 0 Å². The minimum atomic E-state index is -0.824. The predicted octanol–water partition coefficient (Wildman–Crippen LogP) is 8.44. The molecule has 0 aliphatic carbocycles. The van der Waals surface area contributed by atoms with Gasteiger partial charge in [0.25, 0.3) is 0 Å². The SMILES string of the molecule is O=C(O)CN(Cc1ccccc1)Cc1ccc(-c2ccc(-c3c(Cc4ccccc4)oc4ccccc34)cc2)cc1. The monoisotopic (exact) mass is 537 g/mol. The molecule has 4 heteroatoms. The molecule has 1 heterocycles. The molecule has 41 heavy (non-hydrogen) atoms. The molecule has 202 valence electrons. The van der Waals surface area contributed by atoms with Gasteiger partial charge in [-0.05, 0) is 39.4 Å². The standard InChI is InChI=1S/C37H31NO3/c39-36(40)26-38(24-28-11-5-2-6-12-28)25-29-15-17-30(18-16-29)31-19-21-32(22-20-31)37-33-13-7-8-14-34(33)41-35(37)23-27-9-3-1-4-10-27/h1-22H,23-26H2,(H,39,40). The molecule has 0 fully saturated rings. The van der Waals surface area contributed by atoms with Crippen molar-refractivity contribution in [3.8, 4) is 22.3 Å². The highest BCUT2D eigenvalue weighted by molar-refractivity contribution is 5.96. The average molecular weight is 538 g/mol. The van der Waals surface area contributed by atoms with Crippen LogP contribution in [0.5, 0.6) is 0 Å². The van der Waals surface area contributed by atoms with Gasteiger partial charge in [0.2, 0.25) is 0 Å². The van der Waals surface area contributed by atoms with Crippen molar-refractivity contribution in [3.63, 3.8) is 0 Å². The number of hydrogen-bond acceptors (Lipinski definition) is 3. The number of carboxylic acid groups (broad SMARTS) is 1. The Kier molecular flexibility index (Phi) is 7.74. The number of rotatable bonds is 10. The molecule has 5 aromatic carbocycles. The van der Waals surface area contributed by atoms with Crippen molar-refractivity contribution < 1.29 is 14.3 Å².